The number of furan rings is 3. The molecular weight excluding hydrogens is 602 g/mol. The van der Waals surface area contributed by atoms with Crippen LogP contribution in [0.1, 0.15) is 29.2 Å². The summed E-state index contributed by atoms with van der Waals surface area (Å²) in [6.45, 7) is 0. The molecule has 230 valence electrons. The van der Waals surface area contributed by atoms with Crippen molar-refractivity contribution in [2.75, 3.05) is 0 Å². The summed E-state index contributed by atoms with van der Waals surface area (Å²) < 4.78 is 19.1. The summed E-state index contributed by atoms with van der Waals surface area (Å²) in [6, 6.07) is 46.4. The number of pyridine rings is 1. The standard InChI is InChI=1S/C45H27NO3/c1-5-13-37-33(11-1)43-34-12-4-8-16-40(34)49-45(43)44(46-37)30-22-28(26-17-19-41-35(24-26)31-9-2-6-14-38(31)47-41)21-29(23-30)27-18-20-42-36(25-27)32-10-3-7-15-39(32)48-42/h1-22,24-25,29H,23H2. The van der Waals surface area contributed by atoms with Crippen molar-refractivity contribution in [3.63, 3.8) is 0 Å². The van der Waals surface area contributed by atoms with Gasteiger partial charge in [0.15, 0.2) is 5.58 Å². The van der Waals surface area contributed by atoms with Gasteiger partial charge in [-0.3, -0.25) is 0 Å². The predicted molar refractivity (Wildman–Crippen MR) is 200 cm³/mol. The van der Waals surface area contributed by atoms with Crippen LogP contribution in [-0.2, 0) is 0 Å². The minimum atomic E-state index is 0.0950. The summed E-state index contributed by atoms with van der Waals surface area (Å²) in [7, 11) is 0. The third kappa shape index (κ3) is 4.01. The van der Waals surface area contributed by atoms with Crippen LogP contribution in [0.25, 0.3) is 87.9 Å². The second-order valence-corrected chi connectivity index (χ2v) is 13.0. The molecule has 1 aliphatic rings. The minimum absolute atomic E-state index is 0.0950. The summed E-state index contributed by atoms with van der Waals surface area (Å²) in [5.74, 6) is 0.0950. The molecule has 0 saturated heterocycles. The van der Waals surface area contributed by atoms with Crippen LogP contribution in [0.15, 0.2) is 159 Å². The fourth-order valence-electron chi connectivity index (χ4n) is 7.90. The first-order valence-electron chi connectivity index (χ1n) is 16.7. The van der Waals surface area contributed by atoms with Gasteiger partial charge < -0.3 is 13.3 Å². The molecule has 11 rings (SSSR count). The number of hydrogen-bond acceptors (Lipinski definition) is 4. The van der Waals surface area contributed by atoms with E-state index in [1.54, 1.807) is 0 Å². The van der Waals surface area contributed by atoms with E-state index in [1.165, 1.54) is 5.56 Å². The number of allylic oxidation sites excluding steroid dienone is 4. The Morgan fingerprint density at radius 3 is 1.86 bits per heavy atom. The number of hydrogen-bond donors (Lipinski definition) is 0. The first-order valence-corrected chi connectivity index (χ1v) is 16.7. The van der Waals surface area contributed by atoms with Crippen LogP contribution >= 0.6 is 0 Å². The molecule has 10 aromatic rings. The smallest absolute Gasteiger partial charge is 0.161 e. The maximum Gasteiger partial charge on any atom is 0.161 e. The highest BCUT2D eigenvalue weighted by Gasteiger charge is 2.25. The van der Waals surface area contributed by atoms with E-state index in [9.17, 15) is 0 Å². The van der Waals surface area contributed by atoms with Gasteiger partial charge in [0.1, 0.15) is 33.6 Å². The zero-order chi connectivity index (χ0) is 32.1. The fourth-order valence-corrected chi connectivity index (χ4v) is 7.90. The number of nitrogens with zero attached hydrogens (tertiary/aromatic N) is 1. The normalized spacial score (nSPS) is 15.3. The highest BCUT2D eigenvalue weighted by atomic mass is 16.3. The molecule has 4 heterocycles. The van der Waals surface area contributed by atoms with Crippen molar-refractivity contribution in [1.29, 1.82) is 0 Å². The van der Waals surface area contributed by atoms with Gasteiger partial charge in [-0.1, -0.05) is 91.0 Å². The van der Waals surface area contributed by atoms with E-state index < -0.39 is 0 Å². The largest absolute Gasteiger partial charge is 0.456 e. The Hall–Kier alpha value is -6.39. The summed E-state index contributed by atoms with van der Waals surface area (Å²) in [5.41, 5.74) is 11.8. The molecule has 4 heteroatoms. The van der Waals surface area contributed by atoms with Crippen molar-refractivity contribution in [2.24, 2.45) is 0 Å². The second-order valence-electron chi connectivity index (χ2n) is 13.0. The van der Waals surface area contributed by atoms with Gasteiger partial charge in [-0.15, -0.1) is 0 Å². The molecule has 0 spiro atoms. The molecule has 49 heavy (non-hydrogen) atoms. The summed E-state index contributed by atoms with van der Waals surface area (Å²) in [5, 5.41) is 7.82. The van der Waals surface area contributed by atoms with Gasteiger partial charge in [-0.05, 0) is 83.3 Å². The summed E-state index contributed by atoms with van der Waals surface area (Å²) >= 11 is 0. The van der Waals surface area contributed by atoms with Crippen molar-refractivity contribution in [3.8, 4) is 0 Å². The van der Waals surface area contributed by atoms with Crippen LogP contribution in [0.4, 0.5) is 0 Å². The van der Waals surface area contributed by atoms with Crippen LogP contribution in [0.3, 0.4) is 0 Å². The average Bonchev–Trinajstić information content (AvgIpc) is 3.85. The molecule has 1 atom stereocenters. The molecule has 0 radical (unpaired) electrons. The van der Waals surface area contributed by atoms with Gasteiger partial charge in [0, 0.05) is 43.6 Å². The Kier molecular flexibility index (Phi) is 5.47. The molecule has 1 unspecified atom stereocenters. The van der Waals surface area contributed by atoms with E-state index in [1.807, 2.05) is 36.4 Å². The van der Waals surface area contributed by atoms with Crippen LogP contribution < -0.4 is 0 Å². The van der Waals surface area contributed by atoms with Crippen LogP contribution in [0, 0.1) is 0 Å². The lowest BCUT2D eigenvalue weighted by Crippen LogP contribution is -2.05. The fraction of sp³-hybridized carbons (Fsp3) is 0.0444. The Morgan fingerprint density at radius 1 is 0.510 bits per heavy atom. The number of fused-ring (bicyclic) bond motifs is 11. The molecule has 4 nitrogen and oxygen atoms in total. The Bertz CT molecular complexity index is 3040. The lowest BCUT2D eigenvalue weighted by Gasteiger charge is -2.23. The molecule has 0 bridgehead atoms. The van der Waals surface area contributed by atoms with Gasteiger partial charge >= 0.3 is 0 Å². The lowest BCUT2D eigenvalue weighted by atomic mass is 9.81. The highest BCUT2D eigenvalue weighted by molar-refractivity contribution is 6.20. The first-order chi connectivity index (χ1) is 24.2. The van der Waals surface area contributed by atoms with Gasteiger partial charge in [0.2, 0.25) is 0 Å². The van der Waals surface area contributed by atoms with Crippen LogP contribution in [-0.4, -0.2) is 4.98 Å². The number of benzene rings is 6. The van der Waals surface area contributed by atoms with Crippen molar-refractivity contribution >= 4 is 87.9 Å². The monoisotopic (exact) mass is 629 g/mol. The maximum absolute atomic E-state index is 6.67. The molecule has 0 amide bonds. The SMILES string of the molecule is C1=C(c2ccc3oc4ccccc4c3c2)C=C(c2nc3ccccc3c3c2oc2ccccc23)CC1c1ccc2oc3ccccc3c2c1. The topological polar surface area (TPSA) is 52.3 Å². The van der Waals surface area contributed by atoms with Crippen molar-refractivity contribution < 1.29 is 13.3 Å². The molecule has 0 aliphatic heterocycles. The maximum atomic E-state index is 6.67. The van der Waals surface area contributed by atoms with Crippen molar-refractivity contribution in [2.45, 2.75) is 12.3 Å². The first kappa shape index (κ1) is 26.7. The number of aromatic nitrogens is 1. The molecular formula is C45H27NO3. The molecule has 4 aromatic heterocycles. The van der Waals surface area contributed by atoms with Crippen molar-refractivity contribution in [3.05, 3.63) is 162 Å². The van der Waals surface area contributed by atoms with E-state index in [0.717, 1.165) is 106 Å². The highest BCUT2D eigenvalue weighted by Crippen LogP contribution is 2.45. The van der Waals surface area contributed by atoms with Gasteiger partial charge in [-0.2, -0.15) is 0 Å². The number of rotatable bonds is 3. The minimum Gasteiger partial charge on any atom is -0.456 e. The molecule has 0 saturated carbocycles. The average molecular weight is 630 g/mol. The number of para-hydroxylation sites is 4. The molecule has 0 N–H and O–H groups in total. The molecule has 6 aromatic carbocycles. The zero-order valence-electron chi connectivity index (χ0n) is 26.3. The van der Waals surface area contributed by atoms with Crippen molar-refractivity contribution in [1.82, 2.24) is 4.98 Å². The van der Waals surface area contributed by atoms with Crippen LogP contribution in [0.5, 0.6) is 0 Å². The predicted octanol–water partition coefficient (Wildman–Crippen LogP) is 12.6. The summed E-state index contributed by atoms with van der Waals surface area (Å²) in [4.78, 5) is 5.32. The van der Waals surface area contributed by atoms with E-state index in [0.29, 0.717) is 0 Å². The lowest BCUT2D eigenvalue weighted by molar-refractivity contribution is 0.665. The van der Waals surface area contributed by atoms with Crippen LogP contribution in [0.2, 0.25) is 0 Å². The Labute approximate surface area is 280 Å². The third-order valence-corrected chi connectivity index (χ3v) is 10.2. The van der Waals surface area contributed by atoms with E-state index in [4.69, 9.17) is 18.2 Å². The van der Waals surface area contributed by atoms with Gasteiger partial charge in [0.05, 0.1) is 5.52 Å². The second kappa shape index (κ2) is 10.1. The zero-order valence-corrected chi connectivity index (χ0v) is 26.3. The summed E-state index contributed by atoms with van der Waals surface area (Å²) in [6.07, 6.45) is 5.50. The molecule has 1 aliphatic carbocycles. The van der Waals surface area contributed by atoms with E-state index >= 15 is 0 Å². The Morgan fingerprint density at radius 2 is 1.10 bits per heavy atom. The van der Waals surface area contributed by atoms with Gasteiger partial charge in [-0.25, -0.2) is 4.98 Å². The third-order valence-electron chi connectivity index (χ3n) is 10.2. The Balaban J connectivity index is 1.15. The van der Waals surface area contributed by atoms with E-state index in [2.05, 4.69) is 109 Å². The molecule has 0 fully saturated rings. The van der Waals surface area contributed by atoms with E-state index in [-0.39, 0.29) is 5.92 Å². The van der Waals surface area contributed by atoms with Gasteiger partial charge in [0.25, 0.3) is 0 Å². The quantitative estimate of drug-likeness (QED) is 0.195.